The lowest BCUT2D eigenvalue weighted by molar-refractivity contribution is -0.384. The molecule has 0 aliphatic heterocycles. The Balaban J connectivity index is 2.87. The average Bonchev–Trinajstić information content (AvgIpc) is 2.38. The van der Waals surface area contributed by atoms with E-state index in [1.807, 2.05) is 6.92 Å². The molecule has 1 unspecified atom stereocenters. The molecule has 1 aromatic heterocycles. The number of hydrogen-bond donors (Lipinski definition) is 2. The van der Waals surface area contributed by atoms with E-state index in [2.05, 4.69) is 17.2 Å². The third-order valence-electron chi connectivity index (χ3n) is 2.91. The molecule has 0 fully saturated rings. The van der Waals surface area contributed by atoms with Gasteiger partial charge in [-0.3, -0.25) is 10.1 Å². The quantitative estimate of drug-likeness (QED) is 0.431. The van der Waals surface area contributed by atoms with Crippen molar-refractivity contribution < 1.29 is 14.8 Å². The summed E-state index contributed by atoms with van der Waals surface area (Å²) in [4.78, 5) is 25.0. The van der Waals surface area contributed by atoms with E-state index in [1.54, 1.807) is 0 Å². The van der Waals surface area contributed by atoms with Gasteiger partial charge in [-0.25, -0.2) is 9.78 Å². The number of unbranched alkanes of at least 4 members (excludes halogenated alkanes) is 2. The van der Waals surface area contributed by atoms with Gasteiger partial charge in [-0.05, 0) is 19.4 Å². The Bertz CT molecular complexity index is 491. The van der Waals surface area contributed by atoms with Crippen LogP contribution in [0.25, 0.3) is 0 Å². The summed E-state index contributed by atoms with van der Waals surface area (Å²) in [6.07, 6.45) is 4.05. The number of anilines is 1. The molecule has 7 heteroatoms. The van der Waals surface area contributed by atoms with Gasteiger partial charge in [0, 0.05) is 12.1 Å². The maximum absolute atomic E-state index is 10.9. The summed E-state index contributed by atoms with van der Waals surface area (Å²) >= 11 is 0. The van der Waals surface area contributed by atoms with Crippen molar-refractivity contribution in [3.05, 3.63) is 27.9 Å². The van der Waals surface area contributed by atoms with Crippen LogP contribution in [-0.4, -0.2) is 27.0 Å². The molecule has 1 atom stereocenters. The van der Waals surface area contributed by atoms with Gasteiger partial charge < -0.3 is 10.4 Å². The Kier molecular flexibility index (Phi) is 5.89. The van der Waals surface area contributed by atoms with Crippen LogP contribution in [0.2, 0.25) is 0 Å². The van der Waals surface area contributed by atoms with Gasteiger partial charge in [0.2, 0.25) is 5.82 Å². The van der Waals surface area contributed by atoms with E-state index in [0.717, 1.165) is 37.8 Å². The second-order valence-corrected chi connectivity index (χ2v) is 4.67. The van der Waals surface area contributed by atoms with Gasteiger partial charge in [0.1, 0.15) is 0 Å². The minimum atomic E-state index is -1.21. The van der Waals surface area contributed by atoms with Gasteiger partial charge in [-0.2, -0.15) is 0 Å². The van der Waals surface area contributed by atoms with Gasteiger partial charge in [0.15, 0.2) is 5.69 Å². The third-order valence-corrected chi connectivity index (χ3v) is 2.91. The molecule has 0 aromatic carbocycles. The Labute approximate surface area is 117 Å². The summed E-state index contributed by atoms with van der Waals surface area (Å²) < 4.78 is 0. The molecule has 1 rings (SSSR count). The number of rotatable bonds is 8. The Hall–Kier alpha value is -2.18. The predicted octanol–water partition coefficient (Wildman–Crippen LogP) is 3.07. The fraction of sp³-hybridized carbons (Fsp3) is 0.538. The van der Waals surface area contributed by atoms with E-state index >= 15 is 0 Å². The summed E-state index contributed by atoms with van der Waals surface area (Å²) in [5, 5.41) is 22.7. The first-order chi connectivity index (χ1) is 9.45. The van der Waals surface area contributed by atoms with Crippen molar-refractivity contribution in [3.8, 4) is 0 Å². The van der Waals surface area contributed by atoms with E-state index in [4.69, 9.17) is 5.11 Å². The Morgan fingerprint density at radius 1 is 1.50 bits per heavy atom. The number of nitro groups is 1. The molecule has 0 bridgehead atoms. The van der Waals surface area contributed by atoms with E-state index in [9.17, 15) is 14.9 Å². The van der Waals surface area contributed by atoms with E-state index in [-0.39, 0.29) is 23.2 Å². The fourth-order valence-electron chi connectivity index (χ4n) is 1.83. The zero-order valence-electron chi connectivity index (χ0n) is 11.6. The molecule has 0 saturated carbocycles. The summed E-state index contributed by atoms with van der Waals surface area (Å²) in [5.74, 6) is -1.19. The highest BCUT2D eigenvalue weighted by Crippen LogP contribution is 2.23. The van der Waals surface area contributed by atoms with Crippen LogP contribution in [0, 0.1) is 10.1 Å². The molecule has 110 valence electrons. The number of aromatic nitrogens is 1. The Morgan fingerprint density at radius 3 is 2.75 bits per heavy atom. The van der Waals surface area contributed by atoms with Gasteiger partial charge in [-0.15, -0.1) is 0 Å². The first-order valence-corrected chi connectivity index (χ1v) is 6.61. The van der Waals surface area contributed by atoms with Crippen LogP contribution in [-0.2, 0) is 0 Å². The fourth-order valence-corrected chi connectivity index (χ4v) is 1.83. The number of carboxylic acid groups (broad SMARTS) is 1. The van der Waals surface area contributed by atoms with Crippen LogP contribution in [0.1, 0.15) is 50.0 Å². The maximum Gasteiger partial charge on any atom is 0.354 e. The largest absolute Gasteiger partial charge is 0.477 e. The highest BCUT2D eigenvalue weighted by Gasteiger charge is 2.19. The van der Waals surface area contributed by atoms with Crippen LogP contribution >= 0.6 is 0 Å². The number of carboxylic acids is 1. The average molecular weight is 281 g/mol. The number of aromatic carboxylic acids is 1. The van der Waals surface area contributed by atoms with Gasteiger partial charge in [-0.1, -0.05) is 26.2 Å². The number of hydrogen-bond acceptors (Lipinski definition) is 5. The van der Waals surface area contributed by atoms with Crippen LogP contribution < -0.4 is 5.32 Å². The summed E-state index contributed by atoms with van der Waals surface area (Å²) in [6, 6.07) is 2.29. The van der Waals surface area contributed by atoms with Crippen molar-refractivity contribution >= 4 is 17.5 Å². The van der Waals surface area contributed by atoms with E-state index in [0.29, 0.717) is 0 Å². The standard InChI is InChI=1S/C13H19N3O4/c1-3-4-5-6-9(2)14-12-11(16(19)20)8-7-10(15-12)13(17)18/h7-9H,3-6H2,1-2H3,(H,14,15)(H,17,18). The summed E-state index contributed by atoms with van der Waals surface area (Å²) in [5.41, 5.74) is -0.420. The van der Waals surface area contributed by atoms with Crippen molar-refractivity contribution in [1.82, 2.24) is 4.98 Å². The van der Waals surface area contributed by atoms with Crippen LogP contribution in [0.15, 0.2) is 12.1 Å². The van der Waals surface area contributed by atoms with Crippen molar-refractivity contribution in [2.75, 3.05) is 5.32 Å². The molecule has 0 aliphatic rings. The van der Waals surface area contributed by atoms with Crippen LogP contribution in [0.3, 0.4) is 0 Å². The van der Waals surface area contributed by atoms with Crippen LogP contribution in [0.4, 0.5) is 11.5 Å². The lowest BCUT2D eigenvalue weighted by Gasteiger charge is -2.14. The van der Waals surface area contributed by atoms with Crippen LogP contribution in [0.5, 0.6) is 0 Å². The maximum atomic E-state index is 10.9. The zero-order chi connectivity index (χ0) is 15.1. The van der Waals surface area contributed by atoms with Crippen molar-refractivity contribution in [2.24, 2.45) is 0 Å². The molecule has 0 radical (unpaired) electrons. The molecular weight excluding hydrogens is 262 g/mol. The minimum absolute atomic E-state index is 0.00297. The molecule has 20 heavy (non-hydrogen) atoms. The zero-order valence-corrected chi connectivity index (χ0v) is 11.6. The monoisotopic (exact) mass is 281 g/mol. The topological polar surface area (TPSA) is 105 Å². The van der Waals surface area contributed by atoms with Crippen molar-refractivity contribution in [1.29, 1.82) is 0 Å². The van der Waals surface area contributed by atoms with Gasteiger partial charge in [0.25, 0.3) is 0 Å². The Morgan fingerprint density at radius 2 is 2.20 bits per heavy atom. The highest BCUT2D eigenvalue weighted by atomic mass is 16.6. The normalized spacial score (nSPS) is 11.9. The third kappa shape index (κ3) is 4.49. The molecule has 0 aliphatic carbocycles. The minimum Gasteiger partial charge on any atom is -0.477 e. The number of nitrogens with one attached hydrogen (secondary N) is 1. The number of carbonyl (C=O) groups is 1. The van der Waals surface area contributed by atoms with Crippen molar-refractivity contribution in [3.63, 3.8) is 0 Å². The van der Waals surface area contributed by atoms with Crippen molar-refractivity contribution in [2.45, 2.75) is 45.6 Å². The molecule has 0 spiro atoms. The van der Waals surface area contributed by atoms with Gasteiger partial charge >= 0.3 is 11.7 Å². The number of pyridine rings is 1. The molecule has 1 aromatic rings. The molecule has 1 heterocycles. The molecule has 7 nitrogen and oxygen atoms in total. The lowest BCUT2D eigenvalue weighted by Crippen LogP contribution is -2.18. The first kappa shape index (κ1) is 15.9. The smallest absolute Gasteiger partial charge is 0.354 e. The van der Waals surface area contributed by atoms with E-state index in [1.165, 1.54) is 0 Å². The second kappa shape index (κ2) is 7.42. The molecular formula is C13H19N3O4. The number of nitrogens with zero attached hydrogens (tertiary/aromatic N) is 2. The van der Waals surface area contributed by atoms with Gasteiger partial charge in [0.05, 0.1) is 4.92 Å². The lowest BCUT2D eigenvalue weighted by atomic mass is 10.1. The van der Waals surface area contributed by atoms with E-state index < -0.39 is 10.9 Å². The predicted molar refractivity (Wildman–Crippen MR) is 75.1 cm³/mol. The SMILES string of the molecule is CCCCCC(C)Nc1nc(C(=O)O)ccc1[N+](=O)[O-]. The molecule has 0 saturated heterocycles. The second-order valence-electron chi connectivity index (χ2n) is 4.67. The molecule has 0 amide bonds. The summed E-state index contributed by atoms with van der Waals surface area (Å²) in [6.45, 7) is 4.00. The first-order valence-electron chi connectivity index (χ1n) is 6.61. The highest BCUT2D eigenvalue weighted by molar-refractivity contribution is 5.86. The molecule has 2 N–H and O–H groups in total. The summed E-state index contributed by atoms with van der Waals surface area (Å²) in [7, 11) is 0.